The number of nitrogens with one attached hydrogen (secondary N) is 2. The molecule has 1 atom stereocenters. The van der Waals surface area contributed by atoms with Gasteiger partial charge in [-0.3, -0.25) is 0 Å². The third-order valence-corrected chi connectivity index (χ3v) is 2.89. The first-order valence-corrected chi connectivity index (χ1v) is 6.93. The molecule has 1 aromatic rings. The lowest BCUT2D eigenvalue weighted by molar-refractivity contribution is -0.140. The zero-order chi connectivity index (χ0) is 16.7. The number of benzene rings is 1. The molecule has 0 aliphatic carbocycles. The van der Waals surface area contributed by atoms with Crippen LogP contribution in [-0.4, -0.2) is 35.7 Å². The number of aliphatic carboxylic acids is 1. The normalized spacial score (nSPS) is 11.6. The molecule has 0 spiro atoms. The summed E-state index contributed by atoms with van der Waals surface area (Å²) < 4.78 is 4.90. The molecular weight excluding hydrogens is 288 g/mol. The van der Waals surface area contributed by atoms with Gasteiger partial charge >= 0.3 is 18.0 Å². The van der Waals surface area contributed by atoms with E-state index in [4.69, 9.17) is 9.84 Å². The van der Waals surface area contributed by atoms with Gasteiger partial charge in [0.05, 0.1) is 17.9 Å². The van der Waals surface area contributed by atoms with Crippen molar-refractivity contribution in [1.29, 1.82) is 0 Å². The molecule has 0 radical (unpaired) electrons. The van der Waals surface area contributed by atoms with E-state index in [1.807, 2.05) is 0 Å². The van der Waals surface area contributed by atoms with Gasteiger partial charge in [-0.2, -0.15) is 0 Å². The van der Waals surface area contributed by atoms with Crippen molar-refractivity contribution in [2.45, 2.75) is 26.8 Å². The maximum Gasteiger partial charge on any atom is 0.340 e. The van der Waals surface area contributed by atoms with Gasteiger partial charge in [0.25, 0.3) is 0 Å². The summed E-state index contributed by atoms with van der Waals surface area (Å²) in [5, 5.41) is 13.9. The highest BCUT2D eigenvalue weighted by atomic mass is 16.5. The van der Waals surface area contributed by atoms with Gasteiger partial charge in [-0.05, 0) is 25.0 Å². The Balaban J connectivity index is 2.84. The standard InChI is InChI=1S/C15H20N2O5/c1-4-22-14(20)10-7-5-6-8-11(10)16-15(21)17-12(9(2)3)13(18)19/h5-9,12H,4H2,1-3H3,(H,18,19)(H2,16,17,21). The lowest BCUT2D eigenvalue weighted by Crippen LogP contribution is -2.46. The highest BCUT2D eigenvalue weighted by Gasteiger charge is 2.24. The molecule has 0 aromatic heterocycles. The molecule has 1 unspecified atom stereocenters. The zero-order valence-corrected chi connectivity index (χ0v) is 12.8. The largest absolute Gasteiger partial charge is 0.480 e. The van der Waals surface area contributed by atoms with Gasteiger partial charge in [-0.25, -0.2) is 14.4 Å². The second-order valence-corrected chi connectivity index (χ2v) is 4.92. The molecule has 2 amide bonds. The summed E-state index contributed by atoms with van der Waals surface area (Å²) >= 11 is 0. The van der Waals surface area contributed by atoms with E-state index in [2.05, 4.69) is 10.6 Å². The topological polar surface area (TPSA) is 105 Å². The Labute approximate surface area is 128 Å². The zero-order valence-electron chi connectivity index (χ0n) is 12.8. The molecule has 0 heterocycles. The summed E-state index contributed by atoms with van der Waals surface area (Å²) in [6.45, 7) is 5.27. The molecule has 0 saturated carbocycles. The summed E-state index contributed by atoms with van der Waals surface area (Å²) in [4.78, 5) is 34.8. The van der Waals surface area contributed by atoms with Crippen LogP contribution in [0.15, 0.2) is 24.3 Å². The third-order valence-electron chi connectivity index (χ3n) is 2.89. The predicted molar refractivity (Wildman–Crippen MR) is 80.8 cm³/mol. The van der Waals surface area contributed by atoms with E-state index < -0.39 is 24.0 Å². The van der Waals surface area contributed by atoms with E-state index in [1.54, 1.807) is 32.9 Å². The van der Waals surface area contributed by atoms with Crippen LogP contribution < -0.4 is 10.6 Å². The molecule has 0 fully saturated rings. The number of carbonyl (C=O) groups excluding carboxylic acids is 2. The first kappa shape index (κ1) is 17.5. The second kappa shape index (κ2) is 8.02. The van der Waals surface area contributed by atoms with E-state index in [0.717, 1.165) is 0 Å². The van der Waals surface area contributed by atoms with Gasteiger partial charge in [0.2, 0.25) is 0 Å². The summed E-state index contributed by atoms with van der Waals surface area (Å²) in [6.07, 6.45) is 0. The first-order chi connectivity index (χ1) is 10.4. The fourth-order valence-corrected chi connectivity index (χ4v) is 1.79. The van der Waals surface area contributed by atoms with E-state index in [1.165, 1.54) is 12.1 Å². The minimum atomic E-state index is -1.12. The maximum absolute atomic E-state index is 11.9. The average molecular weight is 308 g/mol. The maximum atomic E-state index is 11.9. The van der Waals surface area contributed by atoms with Gasteiger partial charge in [-0.15, -0.1) is 0 Å². The molecule has 0 bridgehead atoms. The molecule has 22 heavy (non-hydrogen) atoms. The van der Waals surface area contributed by atoms with E-state index in [9.17, 15) is 14.4 Å². The van der Waals surface area contributed by atoms with Crippen LogP contribution in [0, 0.1) is 5.92 Å². The Morgan fingerprint density at radius 3 is 2.41 bits per heavy atom. The number of esters is 1. The Bertz CT molecular complexity index is 557. The fourth-order valence-electron chi connectivity index (χ4n) is 1.79. The Morgan fingerprint density at radius 2 is 1.86 bits per heavy atom. The lowest BCUT2D eigenvalue weighted by atomic mass is 10.1. The average Bonchev–Trinajstić information content (AvgIpc) is 2.45. The highest BCUT2D eigenvalue weighted by Crippen LogP contribution is 2.16. The number of carboxylic acid groups (broad SMARTS) is 1. The fraction of sp³-hybridized carbons (Fsp3) is 0.400. The molecule has 7 nitrogen and oxygen atoms in total. The number of hydrogen-bond donors (Lipinski definition) is 3. The van der Waals surface area contributed by atoms with Gasteiger partial charge in [0.1, 0.15) is 6.04 Å². The number of hydrogen-bond acceptors (Lipinski definition) is 4. The molecule has 1 rings (SSSR count). The summed E-state index contributed by atoms with van der Waals surface area (Å²) in [5.74, 6) is -1.95. The van der Waals surface area contributed by atoms with Crippen molar-refractivity contribution in [1.82, 2.24) is 5.32 Å². The van der Waals surface area contributed by atoms with Crippen molar-refractivity contribution in [2.24, 2.45) is 5.92 Å². The predicted octanol–water partition coefficient (Wildman–Crippen LogP) is 2.09. The van der Waals surface area contributed by atoms with Crippen molar-refractivity contribution in [3.63, 3.8) is 0 Å². The number of carboxylic acids is 1. The smallest absolute Gasteiger partial charge is 0.340 e. The van der Waals surface area contributed by atoms with Crippen LogP contribution in [0.1, 0.15) is 31.1 Å². The van der Waals surface area contributed by atoms with Crippen LogP contribution >= 0.6 is 0 Å². The first-order valence-electron chi connectivity index (χ1n) is 6.93. The van der Waals surface area contributed by atoms with Crippen LogP contribution in [0.2, 0.25) is 0 Å². The van der Waals surface area contributed by atoms with Crippen LogP contribution in [0.25, 0.3) is 0 Å². The number of para-hydroxylation sites is 1. The second-order valence-electron chi connectivity index (χ2n) is 4.92. The van der Waals surface area contributed by atoms with Crippen molar-refractivity contribution in [3.8, 4) is 0 Å². The van der Waals surface area contributed by atoms with E-state index >= 15 is 0 Å². The van der Waals surface area contributed by atoms with Crippen LogP contribution in [0.5, 0.6) is 0 Å². The molecule has 3 N–H and O–H groups in total. The summed E-state index contributed by atoms with van der Waals surface area (Å²) in [6, 6.07) is 4.63. The minimum absolute atomic E-state index is 0.205. The van der Waals surface area contributed by atoms with Crippen molar-refractivity contribution < 1.29 is 24.2 Å². The van der Waals surface area contributed by atoms with Gasteiger partial charge < -0.3 is 20.5 Å². The SMILES string of the molecule is CCOC(=O)c1ccccc1NC(=O)NC(C(=O)O)C(C)C. The number of amides is 2. The number of carbonyl (C=O) groups is 3. The van der Waals surface area contributed by atoms with E-state index in [0.29, 0.717) is 0 Å². The minimum Gasteiger partial charge on any atom is -0.480 e. The molecule has 0 saturated heterocycles. The van der Waals surface area contributed by atoms with Crippen LogP contribution in [0.4, 0.5) is 10.5 Å². The molecule has 0 aliphatic rings. The third kappa shape index (κ3) is 4.76. The number of ether oxygens (including phenoxy) is 1. The molecule has 7 heteroatoms. The van der Waals surface area contributed by atoms with Gasteiger partial charge in [0, 0.05) is 0 Å². The summed E-state index contributed by atoms with van der Waals surface area (Å²) in [5.41, 5.74) is 0.460. The molecule has 1 aromatic carbocycles. The Morgan fingerprint density at radius 1 is 1.23 bits per heavy atom. The molecule has 120 valence electrons. The van der Waals surface area contributed by atoms with Gasteiger partial charge in [-0.1, -0.05) is 26.0 Å². The number of rotatable bonds is 6. The van der Waals surface area contributed by atoms with Crippen molar-refractivity contribution in [2.75, 3.05) is 11.9 Å². The number of urea groups is 1. The van der Waals surface area contributed by atoms with Crippen molar-refractivity contribution in [3.05, 3.63) is 29.8 Å². The van der Waals surface area contributed by atoms with Crippen LogP contribution in [-0.2, 0) is 9.53 Å². The Kier molecular flexibility index (Phi) is 6.37. The highest BCUT2D eigenvalue weighted by molar-refractivity contribution is 6.01. The van der Waals surface area contributed by atoms with Gasteiger partial charge in [0.15, 0.2) is 0 Å². The molecule has 0 aliphatic heterocycles. The van der Waals surface area contributed by atoms with E-state index in [-0.39, 0.29) is 23.8 Å². The van der Waals surface area contributed by atoms with Crippen molar-refractivity contribution >= 4 is 23.7 Å². The molecular formula is C15H20N2O5. The van der Waals surface area contributed by atoms with Crippen LogP contribution in [0.3, 0.4) is 0 Å². The Hall–Kier alpha value is -2.57. The number of anilines is 1. The monoisotopic (exact) mass is 308 g/mol. The lowest BCUT2D eigenvalue weighted by Gasteiger charge is -2.18. The summed E-state index contributed by atoms with van der Waals surface area (Å²) in [7, 11) is 0. The quantitative estimate of drug-likeness (QED) is 0.698.